The highest BCUT2D eigenvalue weighted by atomic mass is 35.5. The fourth-order valence-electron chi connectivity index (χ4n) is 7.18. The first-order valence-electron chi connectivity index (χ1n) is 15.3. The number of benzene rings is 2. The molecule has 0 radical (unpaired) electrons. The average molecular weight is 641 g/mol. The fourth-order valence-corrected chi connectivity index (χ4v) is 7.52. The van der Waals surface area contributed by atoms with Crippen LogP contribution in [-0.4, -0.2) is 67.3 Å². The van der Waals surface area contributed by atoms with Crippen LogP contribution in [-0.2, 0) is 4.79 Å². The summed E-state index contributed by atoms with van der Waals surface area (Å²) in [7, 11) is 0. The molecule has 1 amide bonds. The number of fused-ring (bicyclic) bond motifs is 3. The lowest BCUT2D eigenvalue weighted by Gasteiger charge is -2.45. The summed E-state index contributed by atoms with van der Waals surface area (Å²) in [6, 6.07) is 5.07. The first-order chi connectivity index (χ1) is 22.0. The van der Waals surface area contributed by atoms with Crippen LogP contribution in [0.5, 0.6) is 0 Å². The maximum atomic E-state index is 17.8. The van der Waals surface area contributed by atoms with Crippen molar-refractivity contribution in [2.24, 2.45) is 0 Å². The van der Waals surface area contributed by atoms with Crippen molar-refractivity contribution in [1.29, 1.82) is 0 Å². The van der Waals surface area contributed by atoms with E-state index < -0.39 is 11.5 Å². The lowest BCUT2D eigenvalue weighted by molar-refractivity contribution is -0.127. The van der Waals surface area contributed by atoms with Crippen LogP contribution in [0.15, 0.2) is 48.0 Å². The summed E-state index contributed by atoms with van der Waals surface area (Å²) in [6.45, 7) is 14.5. The Morgan fingerprint density at radius 2 is 1.96 bits per heavy atom. The Kier molecular flexibility index (Phi) is 7.11. The molecule has 5 aromatic rings. The highest BCUT2D eigenvalue weighted by Crippen LogP contribution is 2.49. The summed E-state index contributed by atoms with van der Waals surface area (Å²) in [5.74, 6) is -0.558. The van der Waals surface area contributed by atoms with Gasteiger partial charge in [-0.15, -0.1) is 0 Å². The van der Waals surface area contributed by atoms with Gasteiger partial charge in [0.25, 0.3) is 0 Å². The number of hydrogen-bond donors (Lipinski definition) is 2. The van der Waals surface area contributed by atoms with Gasteiger partial charge in [-0.25, -0.2) is 9.18 Å². The second-order valence-electron chi connectivity index (χ2n) is 12.5. The predicted molar refractivity (Wildman–Crippen MR) is 180 cm³/mol. The zero-order chi connectivity index (χ0) is 32.6. The number of anilines is 2. The molecule has 46 heavy (non-hydrogen) atoms. The van der Waals surface area contributed by atoms with Gasteiger partial charge >= 0.3 is 5.69 Å². The Bertz CT molecular complexity index is 2160. The van der Waals surface area contributed by atoms with E-state index in [9.17, 15) is 9.59 Å². The number of piperazine rings is 1. The van der Waals surface area contributed by atoms with Crippen molar-refractivity contribution in [3.63, 3.8) is 0 Å². The van der Waals surface area contributed by atoms with Crippen molar-refractivity contribution in [2.75, 3.05) is 29.9 Å². The number of aromatic nitrogens is 5. The summed E-state index contributed by atoms with van der Waals surface area (Å²) in [4.78, 5) is 40.2. The van der Waals surface area contributed by atoms with E-state index in [-0.39, 0.29) is 40.0 Å². The van der Waals surface area contributed by atoms with Crippen LogP contribution in [0.1, 0.15) is 43.5 Å². The van der Waals surface area contributed by atoms with Crippen molar-refractivity contribution in [3.05, 3.63) is 81.4 Å². The van der Waals surface area contributed by atoms with Crippen LogP contribution in [0.4, 0.5) is 15.9 Å². The third kappa shape index (κ3) is 4.32. The summed E-state index contributed by atoms with van der Waals surface area (Å²) in [5.41, 5.74) is 4.07. The van der Waals surface area contributed by atoms with Crippen LogP contribution < -0.4 is 15.9 Å². The number of amides is 1. The number of carbonyl (C=O) groups excluding carboxylic acids is 1. The summed E-state index contributed by atoms with van der Waals surface area (Å²) >= 11 is 7.28. The van der Waals surface area contributed by atoms with E-state index in [4.69, 9.17) is 11.6 Å². The third-order valence-corrected chi connectivity index (χ3v) is 9.61. The lowest BCUT2D eigenvalue weighted by Crippen LogP contribution is -2.61. The van der Waals surface area contributed by atoms with Crippen molar-refractivity contribution >= 4 is 50.8 Å². The Hall–Kier alpha value is -4.77. The first kappa shape index (κ1) is 29.9. The number of aryl methyl sites for hydroxylation is 2. The molecule has 2 aliphatic heterocycles. The quantitative estimate of drug-likeness (QED) is 0.236. The zero-order valence-electron chi connectivity index (χ0n) is 26.3. The fraction of sp³-hybridized carbons (Fsp3) is 0.324. The molecule has 2 aromatic carbocycles. The minimum absolute atomic E-state index is 0.0623. The number of nitrogens with one attached hydrogen (secondary N) is 2. The normalized spacial score (nSPS) is 17.7. The number of aromatic amines is 1. The van der Waals surface area contributed by atoms with E-state index in [1.165, 1.54) is 10.6 Å². The van der Waals surface area contributed by atoms with Gasteiger partial charge in [0, 0.05) is 48.4 Å². The molecular weight excluding hydrogens is 607 g/mol. The SMILES string of the molecule is C=CC(=O)N1CC(C)N2c3nc(=O)n(-c4c(C)ccnc4C(C)C)c4c(F)c(-c5c(C)ccc6[nH]ncc56)c(Cl)c(c34)NCC2C1. The number of nitrogens with zero attached hydrogens (tertiary/aromatic N) is 6. The van der Waals surface area contributed by atoms with Gasteiger partial charge in [-0.2, -0.15) is 10.1 Å². The maximum Gasteiger partial charge on any atom is 0.354 e. The zero-order valence-corrected chi connectivity index (χ0v) is 27.0. The maximum absolute atomic E-state index is 17.8. The standard InChI is InChI=1S/C34H34ClFN8O2/c1-7-23(45)42-14-19(6)43-20(15-42)12-38-30-26-32(28(36)25(27(30)35)24-17(4)8-9-22-21(24)13-39-41-22)44(34(46)40-33(26)43)31-18(5)10-11-37-29(31)16(2)3/h7-11,13,16,19-20,38H,1,12,14-15H2,2-6H3,(H,39,41). The minimum Gasteiger partial charge on any atom is -0.381 e. The van der Waals surface area contributed by atoms with Crippen LogP contribution in [0.2, 0.25) is 5.02 Å². The van der Waals surface area contributed by atoms with Crippen molar-refractivity contribution in [3.8, 4) is 16.8 Å². The van der Waals surface area contributed by atoms with E-state index in [0.717, 1.165) is 16.6 Å². The minimum atomic E-state index is -0.646. The second kappa shape index (κ2) is 10.9. The van der Waals surface area contributed by atoms with Gasteiger partial charge in [0.05, 0.1) is 45.2 Å². The van der Waals surface area contributed by atoms with E-state index >= 15 is 4.39 Å². The molecule has 2 unspecified atom stereocenters. The van der Waals surface area contributed by atoms with Gasteiger partial charge in [-0.3, -0.25) is 19.4 Å². The van der Waals surface area contributed by atoms with Crippen LogP contribution in [0.25, 0.3) is 38.6 Å². The Labute approximate surface area is 269 Å². The van der Waals surface area contributed by atoms with Gasteiger partial charge in [-0.05, 0) is 56.0 Å². The molecule has 5 heterocycles. The number of hydrogen-bond acceptors (Lipinski definition) is 7. The van der Waals surface area contributed by atoms with Crippen molar-refractivity contribution < 1.29 is 9.18 Å². The summed E-state index contributed by atoms with van der Waals surface area (Å²) in [5, 5.41) is 12.0. The molecule has 236 valence electrons. The molecule has 3 aromatic heterocycles. The molecule has 12 heteroatoms. The molecule has 2 N–H and O–H groups in total. The lowest BCUT2D eigenvalue weighted by atomic mass is 9.94. The van der Waals surface area contributed by atoms with Crippen molar-refractivity contribution in [1.82, 2.24) is 29.6 Å². The van der Waals surface area contributed by atoms with Gasteiger partial charge in [-0.1, -0.05) is 38.1 Å². The largest absolute Gasteiger partial charge is 0.381 e. The summed E-state index contributed by atoms with van der Waals surface area (Å²) in [6.07, 6.45) is 4.66. The molecule has 0 aliphatic carbocycles. The Morgan fingerprint density at radius 3 is 2.70 bits per heavy atom. The molecule has 0 spiro atoms. The van der Waals surface area contributed by atoms with E-state index in [2.05, 4.69) is 32.1 Å². The van der Waals surface area contributed by atoms with Crippen LogP contribution >= 0.6 is 11.6 Å². The predicted octanol–water partition coefficient (Wildman–Crippen LogP) is 5.87. The number of rotatable bonds is 4. The first-order valence-corrected chi connectivity index (χ1v) is 15.7. The molecule has 1 fully saturated rings. The second-order valence-corrected chi connectivity index (χ2v) is 12.9. The highest BCUT2D eigenvalue weighted by molar-refractivity contribution is 6.39. The van der Waals surface area contributed by atoms with Crippen molar-refractivity contribution in [2.45, 2.75) is 52.6 Å². The van der Waals surface area contributed by atoms with E-state index in [1.54, 1.807) is 17.3 Å². The molecule has 0 bridgehead atoms. The van der Waals surface area contributed by atoms with Gasteiger partial charge in [0.1, 0.15) is 11.3 Å². The van der Waals surface area contributed by atoms with Crippen LogP contribution in [0.3, 0.4) is 0 Å². The average Bonchev–Trinajstić information content (AvgIpc) is 3.43. The van der Waals surface area contributed by atoms with E-state index in [0.29, 0.717) is 58.9 Å². The van der Waals surface area contributed by atoms with Gasteiger partial charge < -0.3 is 15.1 Å². The molecule has 0 saturated carbocycles. The molecular formula is C34H34ClFN8O2. The Balaban J connectivity index is 1.64. The van der Waals surface area contributed by atoms with Gasteiger partial charge in [0.2, 0.25) is 5.91 Å². The van der Waals surface area contributed by atoms with Gasteiger partial charge in [0.15, 0.2) is 5.82 Å². The Morgan fingerprint density at radius 1 is 1.17 bits per heavy atom. The molecule has 1 saturated heterocycles. The molecule has 7 rings (SSSR count). The molecule has 2 atom stereocenters. The van der Waals surface area contributed by atoms with Crippen LogP contribution in [0, 0.1) is 19.7 Å². The monoisotopic (exact) mass is 640 g/mol. The number of pyridine rings is 1. The highest BCUT2D eigenvalue weighted by Gasteiger charge is 2.40. The third-order valence-electron chi connectivity index (χ3n) is 9.23. The number of H-pyrrole nitrogens is 1. The molecule has 2 aliphatic rings. The molecule has 10 nitrogen and oxygen atoms in total. The number of carbonyl (C=O) groups is 1. The van der Waals surface area contributed by atoms with E-state index in [1.807, 2.05) is 57.7 Å². The topological polar surface area (TPSA) is 112 Å². The smallest absolute Gasteiger partial charge is 0.354 e. The summed E-state index contributed by atoms with van der Waals surface area (Å²) < 4.78 is 19.1. The number of halogens is 2.